The first-order valence-electron chi connectivity index (χ1n) is 13.2. The average molecular weight is 576 g/mol. The number of benzene rings is 2. The van der Waals surface area contributed by atoms with Gasteiger partial charge in [-0.25, -0.2) is 0 Å². The zero-order chi connectivity index (χ0) is 28.0. The van der Waals surface area contributed by atoms with E-state index in [1.54, 1.807) is 6.07 Å². The minimum atomic E-state index is -0.727. The average Bonchev–Trinajstić information content (AvgIpc) is 2.85. The van der Waals surface area contributed by atoms with Gasteiger partial charge in [0, 0.05) is 22.5 Å². The van der Waals surface area contributed by atoms with Crippen LogP contribution in [0.25, 0.3) is 0 Å². The number of hydrogen-bond donors (Lipinski definition) is 3. The Morgan fingerprint density at radius 2 is 1.59 bits per heavy atom. The highest BCUT2D eigenvalue weighted by Gasteiger charge is 2.29. The van der Waals surface area contributed by atoms with Gasteiger partial charge in [0.15, 0.2) is 6.10 Å². The molecule has 1 atom stereocenters. The number of amides is 2. The van der Waals surface area contributed by atoms with Crippen molar-refractivity contribution in [3.05, 3.63) is 45.9 Å². The molecule has 37 heavy (non-hydrogen) atoms. The molecular weight excluding hydrogens is 532 g/mol. The van der Waals surface area contributed by atoms with Crippen molar-refractivity contribution in [3.63, 3.8) is 0 Å². The highest BCUT2D eigenvalue weighted by atomic mass is 79.9. The lowest BCUT2D eigenvalue weighted by Gasteiger charge is -2.31. The topological polar surface area (TPSA) is 87.7 Å². The summed E-state index contributed by atoms with van der Waals surface area (Å²) in [6.45, 7) is 17.0. The van der Waals surface area contributed by atoms with Gasteiger partial charge in [0.25, 0.3) is 5.91 Å². The van der Waals surface area contributed by atoms with Gasteiger partial charge in [-0.3, -0.25) is 9.59 Å². The summed E-state index contributed by atoms with van der Waals surface area (Å²) in [4.78, 5) is 25.2. The number of rotatable bonds is 12. The predicted molar refractivity (Wildman–Crippen MR) is 156 cm³/mol. The maximum absolute atomic E-state index is 13.3. The Kier molecular flexibility index (Phi) is 10.6. The van der Waals surface area contributed by atoms with E-state index >= 15 is 0 Å². The van der Waals surface area contributed by atoms with Crippen molar-refractivity contribution in [1.29, 1.82) is 0 Å². The third-order valence-electron chi connectivity index (χ3n) is 7.28. The van der Waals surface area contributed by atoms with Crippen LogP contribution in [-0.4, -0.2) is 23.0 Å². The van der Waals surface area contributed by atoms with E-state index in [0.29, 0.717) is 35.2 Å². The molecule has 0 radical (unpaired) electrons. The largest absolute Gasteiger partial charge is 0.506 e. The second kappa shape index (κ2) is 12.8. The summed E-state index contributed by atoms with van der Waals surface area (Å²) in [6, 6.07) is 9.32. The van der Waals surface area contributed by atoms with E-state index in [1.807, 2.05) is 19.9 Å². The van der Waals surface area contributed by atoms with Crippen LogP contribution in [0.15, 0.2) is 34.8 Å². The number of aromatic hydroxyl groups is 1. The summed E-state index contributed by atoms with van der Waals surface area (Å²) >= 11 is 3.44. The fourth-order valence-corrected chi connectivity index (χ4v) is 4.31. The quantitative estimate of drug-likeness (QED) is 0.223. The van der Waals surface area contributed by atoms with E-state index in [9.17, 15) is 14.7 Å². The monoisotopic (exact) mass is 574 g/mol. The highest BCUT2D eigenvalue weighted by Crippen LogP contribution is 2.39. The zero-order valence-corrected chi connectivity index (χ0v) is 25.1. The molecule has 0 aliphatic heterocycles. The van der Waals surface area contributed by atoms with Crippen molar-refractivity contribution in [2.75, 3.05) is 10.6 Å². The summed E-state index contributed by atoms with van der Waals surface area (Å²) < 4.78 is 6.89. The molecule has 7 heteroatoms. The molecule has 1 unspecified atom stereocenters. The van der Waals surface area contributed by atoms with Crippen molar-refractivity contribution in [3.8, 4) is 11.5 Å². The molecule has 3 N–H and O–H groups in total. The molecule has 2 amide bonds. The predicted octanol–water partition coefficient (Wildman–Crippen LogP) is 8.06. The second-order valence-corrected chi connectivity index (χ2v) is 11.7. The van der Waals surface area contributed by atoms with E-state index < -0.39 is 6.10 Å². The van der Waals surface area contributed by atoms with Crippen molar-refractivity contribution in [1.82, 2.24) is 0 Å². The van der Waals surface area contributed by atoms with Crippen molar-refractivity contribution in [2.45, 2.75) is 104 Å². The summed E-state index contributed by atoms with van der Waals surface area (Å²) in [5, 5.41) is 16.0. The fourth-order valence-electron chi connectivity index (χ4n) is 3.86. The molecule has 0 saturated carbocycles. The Morgan fingerprint density at radius 3 is 2.16 bits per heavy atom. The van der Waals surface area contributed by atoms with Crippen LogP contribution in [0.1, 0.15) is 98.6 Å². The summed E-state index contributed by atoms with van der Waals surface area (Å²) in [5.41, 5.74) is 2.93. The first kappa shape index (κ1) is 30.7. The SMILES string of the molecule is CCCC(=O)Nc1cc(Br)c(NC(=O)C(CC)Oc2ccc(C(C)(C)CC)cc2C(C)(C)CC)cc1O. The van der Waals surface area contributed by atoms with E-state index in [4.69, 9.17) is 4.74 Å². The van der Waals surface area contributed by atoms with Gasteiger partial charge >= 0.3 is 0 Å². The van der Waals surface area contributed by atoms with Crippen LogP contribution in [0.5, 0.6) is 11.5 Å². The standard InChI is InChI=1S/C30H43BrN2O4/c1-9-13-27(35)32-23-17-21(31)22(18-24(23)34)33-28(36)25(10-2)37-26-15-14-19(29(5,6)11-3)16-20(26)30(7,8)12-4/h14-18,25,34H,9-13H2,1-8H3,(H,32,35)(H,33,36). The van der Waals surface area contributed by atoms with Gasteiger partial charge in [0.1, 0.15) is 11.5 Å². The lowest BCUT2D eigenvalue weighted by molar-refractivity contribution is -0.123. The summed E-state index contributed by atoms with van der Waals surface area (Å²) in [6.07, 6.45) is 2.75. The molecule has 2 aromatic carbocycles. The number of anilines is 2. The van der Waals surface area contributed by atoms with E-state index in [1.165, 1.54) is 11.6 Å². The van der Waals surface area contributed by atoms with Crippen molar-refractivity contribution in [2.24, 2.45) is 0 Å². The van der Waals surface area contributed by atoms with Crippen molar-refractivity contribution >= 4 is 39.1 Å². The van der Waals surface area contributed by atoms with Crippen LogP contribution in [-0.2, 0) is 20.4 Å². The van der Waals surface area contributed by atoms with E-state index in [2.05, 4.69) is 80.2 Å². The molecule has 0 bridgehead atoms. The van der Waals surface area contributed by atoms with Crippen LogP contribution >= 0.6 is 15.9 Å². The summed E-state index contributed by atoms with van der Waals surface area (Å²) in [5.74, 6) is 0.0853. The van der Waals surface area contributed by atoms with Crippen LogP contribution < -0.4 is 15.4 Å². The highest BCUT2D eigenvalue weighted by molar-refractivity contribution is 9.10. The Hall–Kier alpha value is -2.54. The Morgan fingerprint density at radius 1 is 0.946 bits per heavy atom. The number of nitrogens with one attached hydrogen (secondary N) is 2. The number of ether oxygens (including phenoxy) is 1. The molecule has 0 heterocycles. The third-order valence-corrected chi connectivity index (χ3v) is 7.94. The molecule has 0 aromatic heterocycles. The number of carbonyl (C=O) groups excluding carboxylic acids is 2. The number of phenolic OH excluding ortho intramolecular Hbond substituents is 1. The van der Waals surface area contributed by atoms with Crippen LogP contribution in [0.4, 0.5) is 11.4 Å². The maximum atomic E-state index is 13.3. The Labute approximate surface area is 230 Å². The molecule has 0 fully saturated rings. The minimum absolute atomic E-state index is 0.0368. The smallest absolute Gasteiger partial charge is 0.265 e. The van der Waals surface area contributed by atoms with E-state index in [-0.39, 0.29) is 34.1 Å². The molecule has 0 aliphatic rings. The van der Waals surface area contributed by atoms with Crippen LogP contribution in [0, 0.1) is 0 Å². The van der Waals surface area contributed by atoms with Gasteiger partial charge < -0.3 is 20.5 Å². The van der Waals surface area contributed by atoms with Crippen LogP contribution in [0.2, 0.25) is 0 Å². The third kappa shape index (κ3) is 7.73. The number of carbonyl (C=O) groups is 2. The van der Waals surface area contributed by atoms with Gasteiger partial charge in [0.05, 0.1) is 11.4 Å². The molecule has 0 spiro atoms. The molecule has 204 valence electrons. The van der Waals surface area contributed by atoms with Crippen LogP contribution in [0.3, 0.4) is 0 Å². The first-order valence-corrected chi connectivity index (χ1v) is 14.0. The van der Waals surface area contributed by atoms with Crippen molar-refractivity contribution < 1.29 is 19.4 Å². The summed E-state index contributed by atoms with van der Waals surface area (Å²) in [7, 11) is 0. The second-order valence-electron chi connectivity index (χ2n) is 10.8. The molecular formula is C30H43BrN2O4. The Bertz CT molecular complexity index is 1110. The minimum Gasteiger partial charge on any atom is -0.506 e. The zero-order valence-electron chi connectivity index (χ0n) is 23.5. The van der Waals surface area contributed by atoms with Gasteiger partial charge in [-0.15, -0.1) is 0 Å². The van der Waals surface area contributed by atoms with E-state index in [0.717, 1.165) is 18.4 Å². The molecule has 0 saturated heterocycles. The molecule has 6 nitrogen and oxygen atoms in total. The fraction of sp³-hybridized carbons (Fsp3) is 0.533. The first-order chi connectivity index (χ1) is 17.3. The van der Waals surface area contributed by atoms with Gasteiger partial charge in [-0.1, -0.05) is 67.5 Å². The lowest BCUT2D eigenvalue weighted by atomic mass is 9.76. The van der Waals surface area contributed by atoms with Gasteiger partial charge in [-0.2, -0.15) is 0 Å². The maximum Gasteiger partial charge on any atom is 0.265 e. The normalized spacial score (nSPS) is 12.7. The Balaban J connectivity index is 2.32. The molecule has 2 aromatic rings. The molecule has 2 rings (SSSR count). The number of phenols is 1. The van der Waals surface area contributed by atoms with Gasteiger partial charge in [0.2, 0.25) is 5.91 Å². The molecule has 0 aliphatic carbocycles. The lowest BCUT2D eigenvalue weighted by Crippen LogP contribution is -2.33. The number of halogens is 1. The number of hydrogen-bond acceptors (Lipinski definition) is 4. The van der Waals surface area contributed by atoms with Gasteiger partial charge in [-0.05, 0) is 70.1 Å².